The van der Waals surface area contributed by atoms with Gasteiger partial charge in [0.25, 0.3) is 10.0 Å². The van der Waals surface area contributed by atoms with E-state index in [1.807, 2.05) is 6.92 Å². The number of nitrogens with one attached hydrogen (secondary N) is 2. The Balaban J connectivity index is 1.38. The molecule has 1 fully saturated rings. The number of aromatic nitrogens is 2. The smallest absolute Gasteiger partial charge is 0.250 e. The van der Waals surface area contributed by atoms with Crippen LogP contribution in [0.15, 0.2) is 38.4 Å². The van der Waals surface area contributed by atoms with Crippen LogP contribution >= 0.6 is 22.9 Å². The summed E-state index contributed by atoms with van der Waals surface area (Å²) in [5.74, 6) is 0.761. The van der Waals surface area contributed by atoms with Crippen LogP contribution in [-0.4, -0.2) is 31.0 Å². The van der Waals surface area contributed by atoms with E-state index < -0.39 is 22.5 Å². The maximum Gasteiger partial charge on any atom is 0.250 e. The Morgan fingerprint density at radius 2 is 2.13 bits per heavy atom. The SMILES string of the molecule is Cc1ccc(NC(=O)CNS(=O)(=O)c2cc(-c3noc(C4CCC4)n3)cs2)cc1Cl. The van der Waals surface area contributed by atoms with Gasteiger partial charge < -0.3 is 9.84 Å². The molecule has 2 N–H and O–H groups in total. The van der Waals surface area contributed by atoms with Crippen LogP contribution < -0.4 is 10.0 Å². The highest BCUT2D eigenvalue weighted by Gasteiger charge is 2.26. The van der Waals surface area contributed by atoms with Crippen LogP contribution in [0.3, 0.4) is 0 Å². The van der Waals surface area contributed by atoms with Gasteiger partial charge in [-0.3, -0.25) is 4.79 Å². The molecular weight excluding hydrogens is 448 g/mol. The summed E-state index contributed by atoms with van der Waals surface area (Å²) in [5, 5.41) is 8.73. The van der Waals surface area contributed by atoms with Crippen molar-refractivity contribution in [2.75, 3.05) is 11.9 Å². The summed E-state index contributed by atoms with van der Waals surface area (Å²) < 4.78 is 32.7. The van der Waals surface area contributed by atoms with Gasteiger partial charge in [-0.2, -0.15) is 4.98 Å². The van der Waals surface area contributed by atoms with E-state index in [9.17, 15) is 13.2 Å². The number of halogens is 1. The van der Waals surface area contributed by atoms with Crippen molar-refractivity contribution in [3.05, 3.63) is 46.1 Å². The number of carbonyl (C=O) groups is 1. The number of thiophene rings is 1. The predicted molar refractivity (Wildman–Crippen MR) is 114 cm³/mol. The summed E-state index contributed by atoms with van der Waals surface area (Å²) in [6, 6.07) is 6.54. The highest BCUT2D eigenvalue weighted by molar-refractivity contribution is 7.91. The molecule has 1 aliphatic carbocycles. The predicted octanol–water partition coefficient (Wildman–Crippen LogP) is 3.94. The van der Waals surface area contributed by atoms with E-state index in [1.165, 1.54) is 6.07 Å². The van der Waals surface area contributed by atoms with Gasteiger partial charge in [0, 0.05) is 27.6 Å². The summed E-state index contributed by atoms with van der Waals surface area (Å²) in [7, 11) is -3.86. The number of aryl methyl sites for hydroxylation is 1. The molecule has 0 saturated heterocycles. The van der Waals surface area contributed by atoms with Crippen molar-refractivity contribution in [2.45, 2.75) is 36.3 Å². The van der Waals surface area contributed by atoms with Crippen molar-refractivity contribution in [1.82, 2.24) is 14.9 Å². The van der Waals surface area contributed by atoms with Crippen molar-refractivity contribution in [3.8, 4) is 11.4 Å². The molecule has 1 saturated carbocycles. The summed E-state index contributed by atoms with van der Waals surface area (Å²) >= 11 is 7.06. The molecule has 0 bridgehead atoms. The van der Waals surface area contributed by atoms with Crippen LogP contribution in [0, 0.1) is 6.92 Å². The van der Waals surface area contributed by atoms with Gasteiger partial charge in [0.15, 0.2) is 0 Å². The largest absolute Gasteiger partial charge is 0.339 e. The van der Waals surface area contributed by atoms with Crippen molar-refractivity contribution in [1.29, 1.82) is 0 Å². The molecule has 0 aliphatic heterocycles. The van der Waals surface area contributed by atoms with Crippen LogP contribution in [0.2, 0.25) is 5.02 Å². The Kier molecular flexibility index (Phi) is 5.92. The highest BCUT2D eigenvalue weighted by atomic mass is 35.5. The van der Waals surface area contributed by atoms with Crippen LogP contribution in [-0.2, 0) is 14.8 Å². The Labute approximate surface area is 182 Å². The second-order valence-corrected chi connectivity index (χ2v) is 10.4. The maximum atomic E-state index is 12.5. The zero-order chi connectivity index (χ0) is 21.3. The number of nitrogens with zero attached hydrogens (tertiary/aromatic N) is 2. The average molecular weight is 467 g/mol. The van der Waals surface area contributed by atoms with Crippen LogP contribution in [0.25, 0.3) is 11.4 Å². The Bertz CT molecular complexity index is 1180. The molecule has 3 aromatic rings. The van der Waals surface area contributed by atoms with E-state index in [4.69, 9.17) is 16.1 Å². The molecule has 0 radical (unpaired) electrons. The zero-order valence-corrected chi connectivity index (χ0v) is 18.4. The average Bonchev–Trinajstić information content (AvgIpc) is 3.32. The van der Waals surface area contributed by atoms with Crippen molar-refractivity contribution < 1.29 is 17.7 Å². The van der Waals surface area contributed by atoms with Crippen molar-refractivity contribution in [2.24, 2.45) is 0 Å². The minimum atomic E-state index is -3.86. The number of anilines is 1. The first-order valence-electron chi connectivity index (χ1n) is 9.30. The van der Waals surface area contributed by atoms with E-state index in [0.717, 1.165) is 36.2 Å². The molecule has 4 rings (SSSR count). The molecule has 1 amide bonds. The third-order valence-electron chi connectivity index (χ3n) is 4.87. The number of rotatable bonds is 7. The molecule has 0 spiro atoms. The summed E-state index contributed by atoms with van der Waals surface area (Å²) in [6.45, 7) is 1.44. The molecule has 0 atom stereocenters. The second-order valence-electron chi connectivity index (χ2n) is 7.08. The fraction of sp³-hybridized carbons (Fsp3) is 0.316. The number of hydrogen-bond donors (Lipinski definition) is 2. The molecule has 1 aliphatic rings. The number of amides is 1. The van der Waals surface area contributed by atoms with Gasteiger partial charge in [-0.25, -0.2) is 13.1 Å². The molecule has 2 aromatic heterocycles. The van der Waals surface area contributed by atoms with Crippen molar-refractivity contribution >= 4 is 44.6 Å². The molecule has 0 unspecified atom stereocenters. The quantitative estimate of drug-likeness (QED) is 0.545. The lowest BCUT2D eigenvalue weighted by molar-refractivity contribution is -0.115. The third-order valence-corrected chi connectivity index (χ3v) is 8.12. The minimum Gasteiger partial charge on any atom is -0.339 e. The van der Waals surface area contributed by atoms with Crippen LogP contribution in [0.5, 0.6) is 0 Å². The first-order chi connectivity index (χ1) is 14.3. The van der Waals surface area contributed by atoms with Crippen molar-refractivity contribution in [3.63, 3.8) is 0 Å². The van der Waals surface area contributed by atoms with Gasteiger partial charge in [-0.05, 0) is 43.5 Å². The summed E-state index contributed by atoms with van der Waals surface area (Å²) in [4.78, 5) is 16.5. The third kappa shape index (κ3) is 4.56. The number of benzene rings is 1. The number of carbonyl (C=O) groups excluding carboxylic acids is 1. The minimum absolute atomic E-state index is 0.0682. The lowest BCUT2D eigenvalue weighted by Crippen LogP contribution is -2.32. The molecular formula is C19H19ClN4O4S2. The van der Waals surface area contributed by atoms with Gasteiger partial charge in [-0.15, -0.1) is 11.3 Å². The Hall–Kier alpha value is -2.27. The topological polar surface area (TPSA) is 114 Å². The lowest BCUT2D eigenvalue weighted by atomic mass is 9.85. The number of sulfonamides is 1. The summed E-state index contributed by atoms with van der Waals surface area (Å²) in [6.07, 6.45) is 3.22. The van der Waals surface area contributed by atoms with Crippen LogP contribution in [0.1, 0.15) is 36.6 Å². The summed E-state index contributed by atoms with van der Waals surface area (Å²) in [5.41, 5.74) is 1.94. The van der Waals surface area contributed by atoms with E-state index in [1.54, 1.807) is 23.6 Å². The van der Waals surface area contributed by atoms with E-state index in [2.05, 4.69) is 20.2 Å². The van der Waals surface area contributed by atoms with E-state index >= 15 is 0 Å². The second kappa shape index (κ2) is 8.46. The first-order valence-corrected chi connectivity index (χ1v) is 12.0. The normalized spacial score (nSPS) is 14.5. The van der Waals surface area contributed by atoms with Gasteiger partial charge in [-0.1, -0.05) is 29.2 Å². The van der Waals surface area contributed by atoms with E-state index in [0.29, 0.717) is 33.9 Å². The fourth-order valence-corrected chi connectivity index (χ4v) is 5.22. The van der Waals surface area contributed by atoms with E-state index in [-0.39, 0.29) is 4.21 Å². The molecule has 1 aromatic carbocycles. The maximum absolute atomic E-state index is 12.5. The van der Waals surface area contributed by atoms with Gasteiger partial charge >= 0.3 is 0 Å². The molecule has 158 valence electrons. The standard InChI is InChI=1S/C19H19ClN4O4S2/c1-11-5-6-14(8-15(11)20)22-16(25)9-21-30(26,27)17-7-13(10-29-17)18-23-19(28-24-18)12-3-2-4-12/h5-8,10,12,21H,2-4,9H2,1H3,(H,22,25). The van der Waals surface area contributed by atoms with Gasteiger partial charge in [0.05, 0.1) is 6.54 Å². The highest BCUT2D eigenvalue weighted by Crippen LogP contribution is 2.36. The Morgan fingerprint density at radius 1 is 1.33 bits per heavy atom. The molecule has 8 nitrogen and oxygen atoms in total. The van der Waals surface area contributed by atoms with Gasteiger partial charge in [0.2, 0.25) is 17.6 Å². The fourth-order valence-electron chi connectivity index (χ4n) is 2.86. The molecule has 11 heteroatoms. The Morgan fingerprint density at radius 3 is 2.83 bits per heavy atom. The lowest BCUT2D eigenvalue weighted by Gasteiger charge is -2.20. The monoisotopic (exact) mass is 466 g/mol. The van der Waals surface area contributed by atoms with Gasteiger partial charge in [0.1, 0.15) is 4.21 Å². The molecule has 2 heterocycles. The van der Waals surface area contributed by atoms with Crippen LogP contribution in [0.4, 0.5) is 5.69 Å². The first kappa shape index (κ1) is 21.0. The number of hydrogen-bond acceptors (Lipinski definition) is 7. The zero-order valence-electron chi connectivity index (χ0n) is 16.0. The molecule has 30 heavy (non-hydrogen) atoms.